The zero-order valence-electron chi connectivity index (χ0n) is 4.30. The van der Waals surface area contributed by atoms with Gasteiger partial charge in [-0.25, -0.2) is 0 Å². The summed E-state index contributed by atoms with van der Waals surface area (Å²) in [5.41, 5.74) is 0. The first kappa shape index (κ1) is 418. The summed E-state index contributed by atoms with van der Waals surface area (Å²) in [6, 6.07) is 0. The summed E-state index contributed by atoms with van der Waals surface area (Å²) in [5, 5.41) is 0. The number of rotatable bonds is 0. The van der Waals surface area contributed by atoms with E-state index in [1.807, 2.05) is 0 Å². The quantitative estimate of drug-likeness (QED) is 0.341. The molecular formula is C4H12Cu-4. The van der Waals surface area contributed by atoms with Crippen LogP contribution < -0.4 is 0 Å². The van der Waals surface area contributed by atoms with Gasteiger partial charge in [0, 0.05) is 17.1 Å². The average Bonchev–Trinajstić information content (AvgIpc) is 0. The Hall–Kier alpha value is 0.519. The molecule has 0 saturated heterocycles. The standard InChI is InChI=1S/4CH3.Cu/h4*1H3;/q4*-1;. The molecule has 0 atom stereocenters. The molecule has 0 N–H and O–H groups in total. The molecule has 0 saturated carbocycles. The Bertz CT molecular complexity index is 3.61. The summed E-state index contributed by atoms with van der Waals surface area (Å²) in [5.74, 6) is 0. The van der Waals surface area contributed by atoms with Gasteiger partial charge in [-0.2, -0.15) is 0 Å². The zero-order chi connectivity index (χ0) is 0. The Kier molecular flexibility index (Phi) is 17300. The molecule has 0 amide bonds. The Balaban J connectivity index is 0. The van der Waals surface area contributed by atoms with Crippen molar-refractivity contribution in [1.29, 1.82) is 0 Å². The second kappa shape index (κ2) is 207. The third-order valence-electron chi connectivity index (χ3n) is 0. The Morgan fingerprint density at radius 2 is 0.400 bits per heavy atom. The van der Waals surface area contributed by atoms with Gasteiger partial charge in [-0.05, 0) is 0 Å². The molecule has 0 aromatic heterocycles. The van der Waals surface area contributed by atoms with Gasteiger partial charge >= 0.3 is 0 Å². The molecule has 1 radical (unpaired) electrons. The van der Waals surface area contributed by atoms with Crippen LogP contribution in [-0.2, 0) is 17.1 Å². The van der Waals surface area contributed by atoms with Gasteiger partial charge in [-0.1, -0.05) is 0 Å². The van der Waals surface area contributed by atoms with Crippen molar-refractivity contribution in [1.82, 2.24) is 0 Å². The maximum atomic E-state index is 0. The molecule has 0 aromatic carbocycles. The molecule has 5 heavy (non-hydrogen) atoms. The monoisotopic (exact) mass is 123 g/mol. The fraction of sp³-hybridized carbons (Fsp3) is 0. The zero-order valence-corrected chi connectivity index (χ0v) is 5.24. The second-order valence-electron chi connectivity index (χ2n) is 0. The molecule has 0 heterocycles. The summed E-state index contributed by atoms with van der Waals surface area (Å²) in [7, 11) is 0. The predicted octanol–water partition coefficient (Wildman–Crippen LogP) is 1.80. The van der Waals surface area contributed by atoms with E-state index in [0.717, 1.165) is 0 Å². The Morgan fingerprint density at radius 3 is 0.400 bits per heavy atom. The molecule has 0 aliphatic rings. The SMILES string of the molecule is [CH3-].[CH3-].[CH3-].[CH3-].[Cu]. The van der Waals surface area contributed by atoms with Crippen LogP contribution >= 0.6 is 0 Å². The van der Waals surface area contributed by atoms with E-state index in [1.54, 1.807) is 0 Å². The normalized spacial score (nSPS) is 0. The second-order valence-corrected chi connectivity index (χ2v) is 0. The van der Waals surface area contributed by atoms with Crippen molar-refractivity contribution in [3.05, 3.63) is 29.7 Å². The maximum Gasteiger partial charge on any atom is 0 e. The Labute approximate surface area is 47.4 Å². The van der Waals surface area contributed by atoms with Crippen LogP contribution in [0.4, 0.5) is 0 Å². The van der Waals surface area contributed by atoms with E-state index >= 15 is 0 Å². The van der Waals surface area contributed by atoms with E-state index in [2.05, 4.69) is 0 Å². The first-order valence-corrected chi connectivity index (χ1v) is 0. The van der Waals surface area contributed by atoms with Gasteiger partial charge in [0.25, 0.3) is 0 Å². The molecule has 0 spiro atoms. The molecule has 0 unspecified atom stereocenters. The molecule has 0 aliphatic heterocycles. The maximum absolute atomic E-state index is 0. The molecular weight excluding hydrogens is 112 g/mol. The smallest absolute Gasteiger partial charge is 0 e. The fourth-order valence-corrected chi connectivity index (χ4v) is 0. The summed E-state index contributed by atoms with van der Waals surface area (Å²) >= 11 is 0. The van der Waals surface area contributed by atoms with Crippen molar-refractivity contribution in [2.45, 2.75) is 0 Å². The van der Waals surface area contributed by atoms with Gasteiger partial charge in [-0.3, -0.25) is 0 Å². The molecule has 0 aromatic rings. The third kappa shape index (κ3) is 106. The summed E-state index contributed by atoms with van der Waals surface area (Å²) in [6.07, 6.45) is 0. The van der Waals surface area contributed by atoms with Gasteiger partial charge in [0.15, 0.2) is 0 Å². The third-order valence-corrected chi connectivity index (χ3v) is 0. The van der Waals surface area contributed by atoms with Gasteiger partial charge in [0.1, 0.15) is 0 Å². The minimum Gasteiger partial charge on any atom is -0.358 e. The van der Waals surface area contributed by atoms with Crippen LogP contribution in [0.3, 0.4) is 0 Å². The van der Waals surface area contributed by atoms with Crippen LogP contribution in [0, 0.1) is 29.7 Å². The molecule has 0 rings (SSSR count). The van der Waals surface area contributed by atoms with Crippen LogP contribution in [0.2, 0.25) is 0 Å². The first-order valence-electron chi connectivity index (χ1n) is 0. The van der Waals surface area contributed by atoms with Crippen LogP contribution in [0.5, 0.6) is 0 Å². The van der Waals surface area contributed by atoms with Crippen LogP contribution in [-0.4, -0.2) is 0 Å². The van der Waals surface area contributed by atoms with E-state index in [9.17, 15) is 0 Å². The van der Waals surface area contributed by atoms with Gasteiger partial charge in [-0.15, -0.1) is 0 Å². The molecule has 0 nitrogen and oxygen atoms in total. The van der Waals surface area contributed by atoms with Gasteiger partial charge in [0.05, 0.1) is 0 Å². The van der Waals surface area contributed by atoms with E-state index < -0.39 is 0 Å². The minimum absolute atomic E-state index is 0. The van der Waals surface area contributed by atoms with Crippen LogP contribution in [0.15, 0.2) is 0 Å². The first-order chi connectivity index (χ1) is 0. The van der Waals surface area contributed by atoms with Crippen molar-refractivity contribution in [3.8, 4) is 0 Å². The van der Waals surface area contributed by atoms with Crippen LogP contribution in [0.25, 0.3) is 0 Å². The molecule has 43 valence electrons. The van der Waals surface area contributed by atoms with E-state index in [0.29, 0.717) is 0 Å². The number of hydrogen-bond acceptors (Lipinski definition) is 0. The molecule has 0 aliphatic carbocycles. The molecule has 0 bridgehead atoms. The van der Waals surface area contributed by atoms with Crippen molar-refractivity contribution in [2.24, 2.45) is 0 Å². The summed E-state index contributed by atoms with van der Waals surface area (Å²) < 4.78 is 0. The number of hydrogen-bond donors (Lipinski definition) is 0. The van der Waals surface area contributed by atoms with Crippen molar-refractivity contribution < 1.29 is 17.1 Å². The van der Waals surface area contributed by atoms with Crippen LogP contribution in [0.1, 0.15) is 0 Å². The average molecular weight is 124 g/mol. The van der Waals surface area contributed by atoms with Crippen molar-refractivity contribution in [3.63, 3.8) is 0 Å². The fourth-order valence-electron chi connectivity index (χ4n) is 0. The largest absolute Gasteiger partial charge is 0.358 e. The summed E-state index contributed by atoms with van der Waals surface area (Å²) in [4.78, 5) is 0. The Morgan fingerprint density at radius 1 is 0.400 bits per heavy atom. The molecule has 1 heteroatoms. The predicted molar refractivity (Wildman–Crippen MR) is 25.7 cm³/mol. The van der Waals surface area contributed by atoms with Crippen molar-refractivity contribution in [2.75, 3.05) is 0 Å². The van der Waals surface area contributed by atoms with E-state index in [-0.39, 0.29) is 46.8 Å². The topological polar surface area (TPSA) is 0 Å². The van der Waals surface area contributed by atoms with Crippen molar-refractivity contribution >= 4 is 0 Å². The minimum atomic E-state index is 0. The molecule has 0 fully saturated rings. The van der Waals surface area contributed by atoms with Gasteiger partial charge in [0.2, 0.25) is 0 Å². The van der Waals surface area contributed by atoms with Gasteiger partial charge < -0.3 is 29.7 Å². The summed E-state index contributed by atoms with van der Waals surface area (Å²) in [6.45, 7) is 0. The van der Waals surface area contributed by atoms with E-state index in [4.69, 9.17) is 0 Å². The van der Waals surface area contributed by atoms with E-state index in [1.165, 1.54) is 0 Å².